The van der Waals surface area contributed by atoms with Crippen LogP contribution < -0.4 is 10.6 Å². The molecule has 1 saturated carbocycles. The van der Waals surface area contributed by atoms with Gasteiger partial charge in [-0.1, -0.05) is 30.3 Å². The minimum absolute atomic E-state index is 0.0401. The molecule has 4 rings (SSSR count). The second kappa shape index (κ2) is 15.6. The van der Waals surface area contributed by atoms with E-state index in [1.165, 1.54) is 0 Å². The zero-order chi connectivity index (χ0) is 29.9. The lowest BCUT2D eigenvalue weighted by atomic mass is 9.91. The third-order valence-corrected chi connectivity index (χ3v) is 8.31. The second-order valence-electron chi connectivity index (χ2n) is 11.5. The summed E-state index contributed by atoms with van der Waals surface area (Å²) < 4.78 is 10.5. The van der Waals surface area contributed by atoms with Crippen molar-refractivity contribution < 1.29 is 33.4 Å². The molecule has 2 saturated heterocycles. The Morgan fingerprint density at radius 2 is 1.62 bits per heavy atom. The molecule has 0 radical (unpaired) electrons. The Labute approximate surface area is 247 Å². The fraction of sp³-hybridized carbons (Fsp3) is 0.645. The van der Waals surface area contributed by atoms with Crippen LogP contribution >= 0.6 is 0 Å². The third-order valence-electron chi connectivity index (χ3n) is 8.31. The van der Waals surface area contributed by atoms with Gasteiger partial charge in [-0.05, 0) is 63.4 Å². The second-order valence-corrected chi connectivity index (χ2v) is 11.5. The molecule has 11 heteroatoms. The highest BCUT2D eigenvalue weighted by molar-refractivity contribution is 5.88. The van der Waals surface area contributed by atoms with E-state index in [2.05, 4.69) is 10.6 Å². The molecule has 230 valence electrons. The molecule has 11 nitrogen and oxygen atoms in total. The molecule has 0 aromatic heterocycles. The van der Waals surface area contributed by atoms with Gasteiger partial charge in [0, 0.05) is 45.1 Å². The number of nitrogens with zero attached hydrogens (tertiary/aromatic N) is 2. The van der Waals surface area contributed by atoms with Crippen LogP contribution in [0.5, 0.6) is 0 Å². The summed E-state index contributed by atoms with van der Waals surface area (Å²) in [6.45, 7) is 4.29. The van der Waals surface area contributed by atoms with Gasteiger partial charge in [-0.2, -0.15) is 0 Å². The Hall–Kier alpha value is -3.63. The zero-order valence-electron chi connectivity index (χ0n) is 24.6. The van der Waals surface area contributed by atoms with E-state index < -0.39 is 12.0 Å². The predicted molar refractivity (Wildman–Crippen MR) is 154 cm³/mol. The van der Waals surface area contributed by atoms with Crippen LogP contribution in [0.25, 0.3) is 0 Å². The van der Waals surface area contributed by atoms with Crippen molar-refractivity contribution in [3.63, 3.8) is 0 Å². The molecule has 2 atom stereocenters. The Morgan fingerprint density at radius 3 is 2.31 bits per heavy atom. The first-order valence-electron chi connectivity index (χ1n) is 15.3. The smallest absolute Gasteiger partial charge is 0.410 e. The van der Waals surface area contributed by atoms with Gasteiger partial charge in [-0.25, -0.2) is 9.59 Å². The Balaban J connectivity index is 1.15. The van der Waals surface area contributed by atoms with Crippen molar-refractivity contribution in [1.29, 1.82) is 0 Å². The van der Waals surface area contributed by atoms with Crippen LogP contribution in [0.2, 0.25) is 0 Å². The van der Waals surface area contributed by atoms with Crippen molar-refractivity contribution >= 4 is 29.8 Å². The molecule has 3 aliphatic rings. The molecule has 2 aliphatic heterocycles. The first-order valence-corrected chi connectivity index (χ1v) is 15.3. The van der Waals surface area contributed by atoms with Gasteiger partial charge in [0.15, 0.2) is 0 Å². The van der Waals surface area contributed by atoms with Crippen LogP contribution in [-0.4, -0.2) is 85.0 Å². The fourth-order valence-electron chi connectivity index (χ4n) is 5.54. The van der Waals surface area contributed by atoms with Crippen molar-refractivity contribution in [2.45, 2.75) is 70.9 Å². The Bertz CT molecular complexity index is 1090. The van der Waals surface area contributed by atoms with Crippen LogP contribution in [0.4, 0.5) is 4.79 Å². The number of benzene rings is 1. The number of hydrogen-bond acceptors (Lipinski definition) is 7. The van der Waals surface area contributed by atoms with Crippen LogP contribution in [0.1, 0.15) is 63.9 Å². The Morgan fingerprint density at radius 1 is 0.881 bits per heavy atom. The van der Waals surface area contributed by atoms with Crippen molar-refractivity contribution in [2.75, 3.05) is 39.3 Å². The normalized spacial score (nSPS) is 19.9. The quantitative estimate of drug-likeness (QED) is 0.361. The number of piperidine rings is 2. The standard InChI is InChI=1S/C31H44N4O7/c1-2-41-30(39)26(33-29(38)24-11-12-24)19-32-28(37)25-9-6-16-35(20-25)27(36)13-10-22-14-17-34(18-15-22)31(40)42-21-23-7-4-3-5-8-23/h3-5,7-8,22,24-26H,2,6,9-21H2,1H3,(H,32,37)(H,33,38)/t25-,26+/m1/s1. The minimum Gasteiger partial charge on any atom is -0.464 e. The average molecular weight is 585 g/mol. The van der Waals surface area contributed by atoms with E-state index in [1.54, 1.807) is 16.7 Å². The molecule has 2 heterocycles. The molecular formula is C31H44N4O7. The predicted octanol–water partition coefficient (Wildman–Crippen LogP) is 2.63. The summed E-state index contributed by atoms with van der Waals surface area (Å²) in [7, 11) is 0. The molecule has 1 aliphatic carbocycles. The summed E-state index contributed by atoms with van der Waals surface area (Å²) in [5.74, 6) is -1.01. The van der Waals surface area contributed by atoms with Gasteiger partial charge in [0.2, 0.25) is 17.7 Å². The summed E-state index contributed by atoms with van der Waals surface area (Å²) in [4.78, 5) is 66.4. The van der Waals surface area contributed by atoms with Crippen LogP contribution in [0.3, 0.4) is 0 Å². The number of hydrogen-bond donors (Lipinski definition) is 2. The maximum absolute atomic E-state index is 13.0. The van der Waals surface area contributed by atoms with E-state index in [0.29, 0.717) is 44.9 Å². The van der Waals surface area contributed by atoms with Gasteiger partial charge in [0.1, 0.15) is 12.6 Å². The first kappa shape index (κ1) is 31.3. The van der Waals surface area contributed by atoms with Crippen molar-refractivity contribution in [3.8, 4) is 0 Å². The topological polar surface area (TPSA) is 134 Å². The number of likely N-dealkylation sites (tertiary alicyclic amines) is 2. The monoisotopic (exact) mass is 584 g/mol. The molecule has 0 bridgehead atoms. The molecule has 2 N–H and O–H groups in total. The highest BCUT2D eigenvalue weighted by Crippen LogP contribution is 2.29. The highest BCUT2D eigenvalue weighted by atomic mass is 16.6. The van der Waals surface area contributed by atoms with E-state index >= 15 is 0 Å². The maximum atomic E-state index is 13.0. The third kappa shape index (κ3) is 9.46. The van der Waals surface area contributed by atoms with Gasteiger partial charge in [0.05, 0.1) is 12.5 Å². The summed E-state index contributed by atoms with van der Waals surface area (Å²) in [6.07, 6.45) is 5.53. The summed E-state index contributed by atoms with van der Waals surface area (Å²) in [5.41, 5.74) is 0.954. The van der Waals surface area contributed by atoms with Crippen molar-refractivity contribution in [2.24, 2.45) is 17.8 Å². The van der Waals surface area contributed by atoms with Crippen LogP contribution in [-0.2, 0) is 35.3 Å². The largest absolute Gasteiger partial charge is 0.464 e. The zero-order valence-corrected chi connectivity index (χ0v) is 24.6. The first-order chi connectivity index (χ1) is 20.3. The van der Waals surface area contributed by atoms with Crippen LogP contribution in [0, 0.1) is 17.8 Å². The van der Waals surface area contributed by atoms with Crippen molar-refractivity contribution in [1.82, 2.24) is 20.4 Å². The number of amides is 4. The van der Waals surface area contributed by atoms with E-state index in [-0.39, 0.29) is 55.4 Å². The highest BCUT2D eigenvalue weighted by Gasteiger charge is 2.34. The molecule has 1 aromatic carbocycles. The molecule has 42 heavy (non-hydrogen) atoms. The van der Waals surface area contributed by atoms with Crippen LogP contribution in [0.15, 0.2) is 30.3 Å². The van der Waals surface area contributed by atoms with E-state index in [1.807, 2.05) is 30.3 Å². The molecule has 3 fully saturated rings. The summed E-state index contributed by atoms with van der Waals surface area (Å²) in [6, 6.07) is 8.67. The molecule has 0 spiro atoms. The number of ether oxygens (including phenoxy) is 2. The Kier molecular flexibility index (Phi) is 11.6. The lowest BCUT2D eigenvalue weighted by Crippen LogP contribution is -2.52. The van der Waals surface area contributed by atoms with Gasteiger partial charge in [-0.15, -0.1) is 0 Å². The van der Waals surface area contributed by atoms with Gasteiger partial charge in [-0.3, -0.25) is 14.4 Å². The van der Waals surface area contributed by atoms with Crippen molar-refractivity contribution in [3.05, 3.63) is 35.9 Å². The minimum atomic E-state index is -0.930. The van der Waals surface area contributed by atoms with E-state index in [9.17, 15) is 24.0 Å². The number of carbonyl (C=O) groups is 5. The maximum Gasteiger partial charge on any atom is 0.410 e. The average Bonchev–Trinajstić information content (AvgIpc) is 3.87. The number of nitrogens with one attached hydrogen (secondary N) is 2. The molecular weight excluding hydrogens is 540 g/mol. The fourth-order valence-corrected chi connectivity index (χ4v) is 5.54. The number of carbonyl (C=O) groups excluding carboxylic acids is 5. The SMILES string of the molecule is CCOC(=O)[C@H](CNC(=O)[C@@H]1CCCN(C(=O)CCC2CCN(C(=O)OCc3ccccc3)CC2)C1)NC(=O)C1CC1. The van der Waals surface area contributed by atoms with Gasteiger partial charge in [0.25, 0.3) is 0 Å². The lowest BCUT2D eigenvalue weighted by molar-refractivity contribution is -0.147. The molecule has 4 amide bonds. The number of rotatable bonds is 12. The summed E-state index contributed by atoms with van der Waals surface area (Å²) in [5, 5.41) is 5.49. The van der Waals surface area contributed by atoms with E-state index in [4.69, 9.17) is 9.47 Å². The van der Waals surface area contributed by atoms with Gasteiger partial charge >= 0.3 is 12.1 Å². The van der Waals surface area contributed by atoms with Gasteiger partial charge < -0.3 is 29.9 Å². The number of esters is 1. The molecule has 1 aromatic rings. The van der Waals surface area contributed by atoms with E-state index in [0.717, 1.165) is 44.1 Å². The lowest BCUT2D eigenvalue weighted by Gasteiger charge is -2.34. The molecule has 0 unspecified atom stereocenters. The summed E-state index contributed by atoms with van der Waals surface area (Å²) >= 11 is 0.